The number of hydrogen-bond donors (Lipinski definition) is 0. The van der Waals surface area contributed by atoms with Crippen molar-refractivity contribution in [2.75, 3.05) is 26.2 Å². The van der Waals surface area contributed by atoms with E-state index >= 15 is 0 Å². The first-order chi connectivity index (χ1) is 11.4. The largest absolute Gasteiger partial charge is 0.296 e. The van der Waals surface area contributed by atoms with Crippen molar-refractivity contribution in [2.24, 2.45) is 0 Å². The number of benzene rings is 2. The molecule has 1 aliphatic heterocycles. The van der Waals surface area contributed by atoms with E-state index in [0.717, 1.165) is 31.2 Å². The van der Waals surface area contributed by atoms with Gasteiger partial charge < -0.3 is 0 Å². The summed E-state index contributed by atoms with van der Waals surface area (Å²) < 4.78 is 0. The Morgan fingerprint density at radius 1 is 0.792 bits per heavy atom. The van der Waals surface area contributed by atoms with E-state index in [1.807, 2.05) is 12.1 Å². The Labute approximate surface area is 151 Å². The molecule has 2 aromatic rings. The minimum Gasteiger partial charge on any atom is -0.296 e. The van der Waals surface area contributed by atoms with Crippen molar-refractivity contribution in [3.8, 4) is 0 Å². The second kappa shape index (κ2) is 7.26. The van der Waals surface area contributed by atoms with E-state index in [-0.39, 0.29) is 5.54 Å². The molecule has 0 saturated carbocycles. The maximum Gasteiger partial charge on any atom is 0.0602 e. The van der Waals surface area contributed by atoms with Gasteiger partial charge in [0, 0.05) is 36.7 Å². The van der Waals surface area contributed by atoms with Gasteiger partial charge in [-0.05, 0) is 44.0 Å². The Bertz CT molecular complexity index is 638. The van der Waals surface area contributed by atoms with Crippen LogP contribution in [0, 0.1) is 0 Å². The molecule has 0 radical (unpaired) electrons. The van der Waals surface area contributed by atoms with Crippen LogP contribution in [0.15, 0.2) is 54.6 Å². The summed E-state index contributed by atoms with van der Waals surface area (Å²) in [6.45, 7) is 11.3. The van der Waals surface area contributed by atoms with Gasteiger partial charge in [0.2, 0.25) is 0 Å². The van der Waals surface area contributed by atoms with Crippen molar-refractivity contribution < 1.29 is 0 Å². The van der Waals surface area contributed by atoms with Crippen molar-refractivity contribution in [1.29, 1.82) is 0 Å². The van der Waals surface area contributed by atoms with Gasteiger partial charge in [0.1, 0.15) is 0 Å². The lowest BCUT2D eigenvalue weighted by Gasteiger charge is -2.45. The standard InChI is InChI=1S/C21H27ClN2/c1-21(2,3)24-15-13-23(14-16-24)20(17-7-5-4-6-8-17)18-9-11-19(22)12-10-18/h4-12,20H,13-16H2,1-3H3. The van der Waals surface area contributed by atoms with Gasteiger partial charge >= 0.3 is 0 Å². The van der Waals surface area contributed by atoms with Crippen molar-refractivity contribution >= 4 is 11.6 Å². The van der Waals surface area contributed by atoms with Crippen LogP contribution in [0.25, 0.3) is 0 Å². The molecule has 0 amide bonds. The van der Waals surface area contributed by atoms with Crippen molar-refractivity contribution in [2.45, 2.75) is 32.4 Å². The molecule has 128 valence electrons. The van der Waals surface area contributed by atoms with E-state index < -0.39 is 0 Å². The van der Waals surface area contributed by atoms with Crippen LogP contribution in [0.5, 0.6) is 0 Å². The van der Waals surface area contributed by atoms with E-state index in [1.54, 1.807) is 0 Å². The molecule has 0 aliphatic carbocycles. The molecule has 0 spiro atoms. The third kappa shape index (κ3) is 4.00. The smallest absolute Gasteiger partial charge is 0.0602 e. The first-order valence-corrected chi connectivity index (χ1v) is 9.12. The second-order valence-corrected chi connectivity index (χ2v) is 8.00. The van der Waals surface area contributed by atoms with Crippen molar-refractivity contribution in [3.63, 3.8) is 0 Å². The fraction of sp³-hybridized carbons (Fsp3) is 0.429. The highest BCUT2D eigenvalue weighted by Crippen LogP contribution is 2.31. The minimum atomic E-state index is 0.245. The first kappa shape index (κ1) is 17.5. The summed E-state index contributed by atoms with van der Waals surface area (Å²) in [7, 11) is 0. The molecule has 1 saturated heterocycles. The highest BCUT2D eigenvalue weighted by atomic mass is 35.5. The summed E-state index contributed by atoms with van der Waals surface area (Å²) in [6, 6.07) is 19.4. The molecule has 1 atom stereocenters. The number of halogens is 1. The maximum atomic E-state index is 6.10. The lowest BCUT2D eigenvalue weighted by Crippen LogP contribution is -2.54. The van der Waals surface area contributed by atoms with Gasteiger partial charge in [-0.25, -0.2) is 0 Å². The number of hydrogen-bond acceptors (Lipinski definition) is 2. The molecule has 1 aliphatic rings. The van der Waals surface area contributed by atoms with Crippen LogP contribution in [0.4, 0.5) is 0 Å². The first-order valence-electron chi connectivity index (χ1n) is 8.75. The SMILES string of the molecule is CC(C)(C)N1CCN(C(c2ccccc2)c2ccc(Cl)cc2)CC1. The molecule has 1 heterocycles. The molecule has 3 heteroatoms. The number of piperazine rings is 1. The van der Waals surface area contributed by atoms with Crippen LogP contribution in [0.1, 0.15) is 37.9 Å². The minimum absolute atomic E-state index is 0.245. The Kier molecular flexibility index (Phi) is 5.29. The maximum absolute atomic E-state index is 6.10. The second-order valence-electron chi connectivity index (χ2n) is 7.56. The number of rotatable bonds is 3. The van der Waals surface area contributed by atoms with Gasteiger partial charge in [0.05, 0.1) is 6.04 Å². The zero-order valence-corrected chi connectivity index (χ0v) is 15.6. The molecule has 3 rings (SSSR count). The molecular weight excluding hydrogens is 316 g/mol. The third-order valence-electron chi connectivity index (χ3n) is 4.93. The fourth-order valence-corrected chi connectivity index (χ4v) is 3.67. The van der Waals surface area contributed by atoms with Crippen LogP contribution < -0.4 is 0 Å². The summed E-state index contributed by atoms with van der Waals surface area (Å²) >= 11 is 6.10. The lowest BCUT2D eigenvalue weighted by atomic mass is 9.96. The third-order valence-corrected chi connectivity index (χ3v) is 5.18. The van der Waals surface area contributed by atoms with Crippen LogP contribution >= 0.6 is 11.6 Å². The topological polar surface area (TPSA) is 6.48 Å². The highest BCUT2D eigenvalue weighted by molar-refractivity contribution is 6.30. The average Bonchev–Trinajstić information content (AvgIpc) is 2.58. The van der Waals surface area contributed by atoms with E-state index in [1.165, 1.54) is 11.1 Å². The van der Waals surface area contributed by atoms with E-state index in [4.69, 9.17) is 11.6 Å². The molecule has 0 bridgehead atoms. The summed E-state index contributed by atoms with van der Waals surface area (Å²) in [5, 5.41) is 0.795. The lowest BCUT2D eigenvalue weighted by molar-refractivity contribution is 0.0494. The van der Waals surface area contributed by atoms with Crippen LogP contribution in [-0.2, 0) is 0 Å². The molecule has 0 N–H and O–H groups in total. The summed E-state index contributed by atoms with van der Waals surface area (Å²) in [6.07, 6.45) is 0. The molecule has 0 aromatic heterocycles. The zero-order valence-electron chi connectivity index (χ0n) is 14.9. The Morgan fingerprint density at radius 3 is 1.88 bits per heavy atom. The monoisotopic (exact) mass is 342 g/mol. The molecule has 2 aromatic carbocycles. The summed E-state index contributed by atoms with van der Waals surface area (Å²) in [5.41, 5.74) is 2.91. The summed E-state index contributed by atoms with van der Waals surface area (Å²) in [5.74, 6) is 0. The van der Waals surface area contributed by atoms with Gasteiger partial charge in [-0.1, -0.05) is 54.1 Å². The van der Waals surface area contributed by atoms with Crippen molar-refractivity contribution in [1.82, 2.24) is 9.80 Å². The normalized spacial score (nSPS) is 18.5. The van der Waals surface area contributed by atoms with Crippen LogP contribution in [0.2, 0.25) is 5.02 Å². The number of nitrogens with zero attached hydrogens (tertiary/aromatic N) is 2. The molecule has 24 heavy (non-hydrogen) atoms. The van der Waals surface area contributed by atoms with Gasteiger partial charge in [-0.15, -0.1) is 0 Å². The van der Waals surface area contributed by atoms with Crippen LogP contribution in [-0.4, -0.2) is 41.5 Å². The summed E-state index contributed by atoms with van der Waals surface area (Å²) in [4.78, 5) is 5.17. The fourth-order valence-electron chi connectivity index (χ4n) is 3.55. The van der Waals surface area contributed by atoms with Crippen molar-refractivity contribution in [3.05, 3.63) is 70.7 Å². The quantitative estimate of drug-likeness (QED) is 0.787. The highest BCUT2D eigenvalue weighted by Gasteiger charge is 2.30. The predicted molar refractivity (Wildman–Crippen MR) is 103 cm³/mol. The van der Waals surface area contributed by atoms with Gasteiger partial charge in [-0.2, -0.15) is 0 Å². The zero-order chi connectivity index (χ0) is 17.2. The predicted octanol–water partition coefficient (Wildman–Crippen LogP) is 4.85. The molecule has 2 nitrogen and oxygen atoms in total. The molecular formula is C21H27ClN2. The van der Waals surface area contributed by atoms with Gasteiger partial charge in [-0.3, -0.25) is 9.80 Å². The van der Waals surface area contributed by atoms with E-state index in [9.17, 15) is 0 Å². The Morgan fingerprint density at radius 2 is 1.33 bits per heavy atom. The Balaban J connectivity index is 1.85. The molecule has 1 fully saturated rings. The van der Waals surface area contributed by atoms with Gasteiger partial charge in [0.25, 0.3) is 0 Å². The Hall–Kier alpha value is -1.35. The van der Waals surface area contributed by atoms with E-state index in [2.05, 4.69) is 73.0 Å². The van der Waals surface area contributed by atoms with Crippen LogP contribution in [0.3, 0.4) is 0 Å². The van der Waals surface area contributed by atoms with E-state index in [0.29, 0.717) is 6.04 Å². The van der Waals surface area contributed by atoms with Gasteiger partial charge in [0.15, 0.2) is 0 Å². The molecule has 1 unspecified atom stereocenters. The average molecular weight is 343 g/mol.